The second kappa shape index (κ2) is 6.86. The molecule has 0 aliphatic rings. The Hall–Kier alpha value is -2.30. The number of carbonyl (C=O) groups is 1. The van der Waals surface area contributed by atoms with Gasteiger partial charge in [-0.1, -0.05) is 53.5 Å². The predicted molar refractivity (Wildman–Crippen MR) is 92.2 cm³/mol. The number of halogens is 2. The molecule has 3 aromatic rings. The molecule has 116 valence electrons. The third-order valence-electron chi connectivity index (χ3n) is 3.26. The molecule has 4 nitrogen and oxygen atoms in total. The molecule has 1 N–H and O–H groups in total. The summed E-state index contributed by atoms with van der Waals surface area (Å²) in [7, 11) is 0. The van der Waals surface area contributed by atoms with Crippen molar-refractivity contribution in [1.29, 1.82) is 0 Å². The summed E-state index contributed by atoms with van der Waals surface area (Å²) in [6.07, 6.45) is 1.64. The summed E-state index contributed by atoms with van der Waals surface area (Å²) in [4.78, 5) is 12.4. The van der Waals surface area contributed by atoms with Crippen LogP contribution in [-0.4, -0.2) is 15.7 Å². The molecule has 0 atom stereocenters. The maximum atomic E-state index is 12.4. The van der Waals surface area contributed by atoms with Crippen molar-refractivity contribution in [2.75, 3.05) is 5.32 Å². The topological polar surface area (TPSA) is 46.9 Å². The van der Waals surface area contributed by atoms with E-state index >= 15 is 0 Å². The molecule has 0 aliphatic heterocycles. The van der Waals surface area contributed by atoms with E-state index in [-0.39, 0.29) is 5.91 Å². The summed E-state index contributed by atoms with van der Waals surface area (Å²) in [5.41, 5.74) is 1.49. The zero-order valence-corrected chi connectivity index (χ0v) is 13.6. The molecule has 0 saturated heterocycles. The maximum Gasteiger partial charge on any atom is 0.256 e. The number of hydrogen-bond acceptors (Lipinski definition) is 2. The third-order valence-corrected chi connectivity index (χ3v) is 3.69. The number of amides is 1. The molecule has 1 amide bonds. The van der Waals surface area contributed by atoms with Crippen molar-refractivity contribution in [1.82, 2.24) is 9.78 Å². The minimum atomic E-state index is -0.288. The van der Waals surface area contributed by atoms with Gasteiger partial charge < -0.3 is 5.32 Å². The number of anilines is 1. The quantitative estimate of drug-likeness (QED) is 0.757. The van der Waals surface area contributed by atoms with Gasteiger partial charge >= 0.3 is 0 Å². The van der Waals surface area contributed by atoms with E-state index in [1.54, 1.807) is 35.1 Å². The first-order valence-corrected chi connectivity index (χ1v) is 7.70. The molecule has 2 aromatic carbocycles. The van der Waals surface area contributed by atoms with Gasteiger partial charge in [0.1, 0.15) is 5.82 Å². The average Bonchev–Trinajstić information content (AvgIpc) is 2.94. The fraction of sp³-hybridized carbons (Fsp3) is 0.0588. The van der Waals surface area contributed by atoms with Crippen molar-refractivity contribution in [2.45, 2.75) is 6.54 Å². The molecule has 3 rings (SSSR count). The van der Waals surface area contributed by atoms with Crippen LogP contribution in [0.4, 0.5) is 5.82 Å². The smallest absolute Gasteiger partial charge is 0.256 e. The highest BCUT2D eigenvalue weighted by atomic mass is 35.5. The first-order valence-electron chi connectivity index (χ1n) is 6.95. The monoisotopic (exact) mass is 345 g/mol. The molecule has 0 aliphatic carbocycles. The summed E-state index contributed by atoms with van der Waals surface area (Å²) in [6, 6.07) is 16.4. The van der Waals surface area contributed by atoms with E-state index in [0.29, 0.717) is 28.0 Å². The fourth-order valence-electron chi connectivity index (χ4n) is 2.19. The molecule has 0 unspecified atom stereocenters. The average molecular weight is 346 g/mol. The fourth-order valence-corrected chi connectivity index (χ4v) is 2.72. The van der Waals surface area contributed by atoms with E-state index in [0.717, 1.165) is 5.56 Å². The van der Waals surface area contributed by atoms with E-state index in [2.05, 4.69) is 10.4 Å². The second-order valence-electron chi connectivity index (χ2n) is 4.97. The van der Waals surface area contributed by atoms with Gasteiger partial charge in [-0.15, -0.1) is 0 Å². The first kappa shape index (κ1) is 15.6. The summed E-state index contributed by atoms with van der Waals surface area (Å²) < 4.78 is 1.72. The second-order valence-corrected chi connectivity index (χ2v) is 5.84. The molecule has 1 heterocycles. The number of aromatic nitrogens is 2. The summed E-state index contributed by atoms with van der Waals surface area (Å²) in [5.74, 6) is 0.319. The van der Waals surface area contributed by atoms with Crippen molar-refractivity contribution in [3.8, 4) is 0 Å². The molecule has 0 saturated carbocycles. The number of benzene rings is 2. The van der Waals surface area contributed by atoms with Crippen LogP contribution in [-0.2, 0) is 6.54 Å². The van der Waals surface area contributed by atoms with Crippen molar-refractivity contribution >= 4 is 34.9 Å². The summed E-state index contributed by atoms with van der Waals surface area (Å²) in [6.45, 7) is 0.569. The van der Waals surface area contributed by atoms with E-state index in [1.165, 1.54) is 0 Å². The third kappa shape index (κ3) is 3.92. The maximum absolute atomic E-state index is 12.4. The number of carbonyl (C=O) groups excluding carboxylic acids is 1. The molecular formula is C17H13Cl2N3O. The molecule has 1 aromatic heterocycles. The number of nitrogens with zero attached hydrogens (tertiary/aromatic N) is 2. The van der Waals surface area contributed by atoms with Crippen LogP contribution < -0.4 is 5.32 Å². The van der Waals surface area contributed by atoms with Crippen LogP contribution in [0.3, 0.4) is 0 Å². The largest absolute Gasteiger partial charge is 0.307 e. The van der Waals surface area contributed by atoms with Crippen LogP contribution in [0.1, 0.15) is 15.9 Å². The SMILES string of the molecule is O=C(Nc1ccnn1Cc1ccccc1)c1cc(Cl)cc(Cl)c1. The zero-order chi connectivity index (χ0) is 16.2. The van der Waals surface area contributed by atoms with Crippen LogP contribution in [0.5, 0.6) is 0 Å². The molecular weight excluding hydrogens is 333 g/mol. The Morgan fingerprint density at radius 2 is 1.74 bits per heavy atom. The highest BCUT2D eigenvalue weighted by Gasteiger charge is 2.11. The molecule has 0 spiro atoms. The van der Waals surface area contributed by atoms with Gasteiger partial charge in [-0.2, -0.15) is 5.10 Å². The zero-order valence-electron chi connectivity index (χ0n) is 12.0. The normalized spacial score (nSPS) is 10.5. The lowest BCUT2D eigenvalue weighted by Crippen LogP contribution is -2.16. The van der Waals surface area contributed by atoms with Gasteiger partial charge in [-0.25, -0.2) is 4.68 Å². The van der Waals surface area contributed by atoms with E-state index < -0.39 is 0 Å². The van der Waals surface area contributed by atoms with Crippen molar-refractivity contribution in [3.05, 3.63) is 82.0 Å². The lowest BCUT2D eigenvalue weighted by Gasteiger charge is -2.09. The molecule has 0 fully saturated rings. The van der Waals surface area contributed by atoms with Gasteiger partial charge in [0.15, 0.2) is 0 Å². The van der Waals surface area contributed by atoms with Gasteiger partial charge in [0, 0.05) is 21.7 Å². The minimum absolute atomic E-state index is 0.288. The predicted octanol–water partition coefficient (Wildman–Crippen LogP) is 4.49. The summed E-state index contributed by atoms with van der Waals surface area (Å²) >= 11 is 11.9. The first-order chi connectivity index (χ1) is 11.1. The molecule has 23 heavy (non-hydrogen) atoms. The van der Waals surface area contributed by atoms with Gasteiger partial charge in [0.25, 0.3) is 5.91 Å². The Bertz CT molecular complexity index is 811. The highest BCUT2D eigenvalue weighted by Crippen LogP contribution is 2.20. The number of rotatable bonds is 4. The molecule has 6 heteroatoms. The van der Waals surface area contributed by atoms with Crippen molar-refractivity contribution < 1.29 is 4.79 Å². The standard InChI is InChI=1S/C17H13Cl2N3O/c18-14-8-13(9-15(19)10-14)17(23)21-16-6-7-20-22(16)11-12-4-2-1-3-5-12/h1-10H,11H2,(H,21,23). The van der Waals surface area contributed by atoms with E-state index in [4.69, 9.17) is 23.2 Å². The van der Waals surface area contributed by atoms with Crippen LogP contribution in [0.15, 0.2) is 60.8 Å². The van der Waals surface area contributed by atoms with Gasteiger partial charge in [-0.3, -0.25) is 4.79 Å². The van der Waals surface area contributed by atoms with E-state index in [1.807, 2.05) is 30.3 Å². The van der Waals surface area contributed by atoms with E-state index in [9.17, 15) is 4.79 Å². The van der Waals surface area contributed by atoms with Gasteiger partial charge in [0.05, 0.1) is 12.7 Å². The summed E-state index contributed by atoms with van der Waals surface area (Å²) in [5, 5.41) is 7.90. The van der Waals surface area contributed by atoms with Gasteiger partial charge in [0.2, 0.25) is 0 Å². The van der Waals surface area contributed by atoms with Crippen molar-refractivity contribution in [2.24, 2.45) is 0 Å². The lowest BCUT2D eigenvalue weighted by atomic mass is 10.2. The Balaban J connectivity index is 1.78. The minimum Gasteiger partial charge on any atom is -0.307 e. The van der Waals surface area contributed by atoms with Gasteiger partial charge in [-0.05, 0) is 23.8 Å². The molecule has 0 bridgehead atoms. The number of nitrogens with one attached hydrogen (secondary N) is 1. The Kier molecular flexibility index (Phi) is 4.65. The van der Waals surface area contributed by atoms with Crippen LogP contribution >= 0.6 is 23.2 Å². The number of hydrogen-bond donors (Lipinski definition) is 1. The highest BCUT2D eigenvalue weighted by molar-refractivity contribution is 6.35. The van der Waals surface area contributed by atoms with Crippen LogP contribution in [0.2, 0.25) is 10.0 Å². The molecule has 0 radical (unpaired) electrons. The lowest BCUT2D eigenvalue weighted by molar-refractivity contribution is 0.102. The van der Waals surface area contributed by atoms with Crippen LogP contribution in [0.25, 0.3) is 0 Å². The van der Waals surface area contributed by atoms with Crippen molar-refractivity contribution in [3.63, 3.8) is 0 Å². The Labute approximate surface area is 143 Å². The Morgan fingerprint density at radius 1 is 1.04 bits per heavy atom. The Morgan fingerprint density at radius 3 is 2.43 bits per heavy atom. The van der Waals surface area contributed by atoms with Crippen LogP contribution in [0, 0.1) is 0 Å².